The number of esters is 1. The molecule has 1 fully saturated rings. The summed E-state index contributed by atoms with van der Waals surface area (Å²) < 4.78 is 24.1. The average Bonchev–Trinajstić information content (AvgIpc) is 2.80. The van der Waals surface area contributed by atoms with Gasteiger partial charge in [0.25, 0.3) is 0 Å². The van der Waals surface area contributed by atoms with Crippen LogP contribution < -0.4 is 10.8 Å². The van der Waals surface area contributed by atoms with Crippen LogP contribution in [0.25, 0.3) is 0 Å². The summed E-state index contributed by atoms with van der Waals surface area (Å²) in [6.07, 6.45) is -0.405. The zero-order valence-electron chi connectivity index (χ0n) is 21.4. The summed E-state index contributed by atoms with van der Waals surface area (Å²) in [6, 6.07) is 4.95. The molecule has 1 amide bonds. The molecule has 33 heavy (non-hydrogen) atoms. The van der Waals surface area contributed by atoms with Gasteiger partial charge in [0, 0.05) is 9.99 Å². The van der Waals surface area contributed by atoms with Crippen LogP contribution in [0.4, 0.5) is 4.79 Å². The summed E-state index contributed by atoms with van der Waals surface area (Å²) in [5.74, 6) is -0.515. The molecule has 1 aromatic rings. The van der Waals surface area contributed by atoms with Gasteiger partial charge >= 0.3 is 19.2 Å². The lowest BCUT2D eigenvalue weighted by Crippen LogP contribution is -2.47. The van der Waals surface area contributed by atoms with Crippen LogP contribution in [0.2, 0.25) is 0 Å². The summed E-state index contributed by atoms with van der Waals surface area (Å²) in [5.41, 5.74) is -0.430. The van der Waals surface area contributed by atoms with Crippen molar-refractivity contribution in [2.75, 3.05) is 0 Å². The topological polar surface area (TPSA) is 83.1 Å². The minimum absolute atomic E-state index is 0.260. The van der Waals surface area contributed by atoms with Crippen LogP contribution in [0, 0.1) is 3.57 Å². The van der Waals surface area contributed by atoms with Crippen molar-refractivity contribution >= 4 is 47.2 Å². The lowest BCUT2D eigenvalue weighted by Gasteiger charge is -2.32. The molecular formula is C24H37BINO6. The molecule has 1 atom stereocenters. The molecule has 7 nitrogen and oxygen atoms in total. The fourth-order valence-corrected chi connectivity index (χ4v) is 3.85. The second kappa shape index (κ2) is 9.74. The SMILES string of the molecule is CC(C)(C)OC(=O)NC(Cc1ccc(B2OC(C)(C)C(C)(C)O2)cc1I)C(=O)OC(C)(C)C. The van der Waals surface area contributed by atoms with Crippen molar-refractivity contribution < 1.29 is 28.4 Å². The molecule has 0 spiro atoms. The van der Waals surface area contributed by atoms with Crippen molar-refractivity contribution in [3.63, 3.8) is 0 Å². The number of amides is 1. The van der Waals surface area contributed by atoms with Crippen LogP contribution in [-0.2, 0) is 30.0 Å². The van der Waals surface area contributed by atoms with Crippen LogP contribution in [-0.4, -0.2) is 47.6 Å². The maximum absolute atomic E-state index is 12.9. The fraction of sp³-hybridized carbons (Fsp3) is 0.667. The molecule has 0 radical (unpaired) electrons. The fourth-order valence-electron chi connectivity index (χ4n) is 3.09. The molecule has 0 aliphatic carbocycles. The van der Waals surface area contributed by atoms with Crippen LogP contribution >= 0.6 is 22.6 Å². The lowest BCUT2D eigenvalue weighted by molar-refractivity contribution is -0.157. The van der Waals surface area contributed by atoms with E-state index in [9.17, 15) is 9.59 Å². The van der Waals surface area contributed by atoms with E-state index in [2.05, 4.69) is 27.9 Å². The van der Waals surface area contributed by atoms with Gasteiger partial charge in [0.2, 0.25) is 0 Å². The molecule has 184 valence electrons. The highest BCUT2D eigenvalue weighted by molar-refractivity contribution is 14.1. The summed E-state index contributed by atoms with van der Waals surface area (Å²) >= 11 is 2.22. The number of ether oxygens (including phenoxy) is 2. The number of carbonyl (C=O) groups is 2. The Morgan fingerprint density at radius 3 is 1.97 bits per heavy atom. The van der Waals surface area contributed by atoms with Crippen molar-refractivity contribution in [2.45, 2.75) is 104 Å². The number of rotatable bonds is 5. The second-order valence-electron chi connectivity index (χ2n) is 11.4. The van der Waals surface area contributed by atoms with Crippen LogP contribution in [0.1, 0.15) is 74.8 Å². The molecule has 1 unspecified atom stereocenters. The molecule has 1 saturated heterocycles. The highest BCUT2D eigenvalue weighted by atomic mass is 127. The van der Waals surface area contributed by atoms with Gasteiger partial charge in [-0.1, -0.05) is 12.1 Å². The number of benzene rings is 1. The normalized spacial score (nSPS) is 18.6. The largest absolute Gasteiger partial charge is 0.494 e. The number of alkyl carbamates (subject to hydrolysis) is 1. The zero-order valence-corrected chi connectivity index (χ0v) is 23.6. The molecule has 1 N–H and O–H groups in total. The molecule has 1 heterocycles. The summed E-state index contributed by atoms with van der Waals surface area (Å²) in [4.78, 5) is 25.2. The Balaban J connectivity index is 2.23. The van der Waals surface area contributed by atoms with Gasteiger partial charge in [-0.2, -0.15) is 0 Å². The number of hydrogen-bond donors (Lipinski definition) is 1. The van der Waals surface area contributed by atoms with E-state index in [0.29, 0.717) is 0 Å². The molecule has 0 saturated carbocycles. The Kier molecular flexibility index (Phi) is 8.24. The maximum atomic E-state index is 12.9. The van der Waals surface area contributed by atoms with E-state index in [1.54, 1.807) is 41.5 Å². The van der Waals surface area contributed by atoms with Crippen molar-refractivity contribution in [2.24, 2.45) is 0 Å². The third kappa shape index (κ3) is 7.85. The van der Waals surface area contributed by atoms with Crippen molar-refractivity contribution in [3.8, 4) is 0 Å². The van der Waals surface area contributed by atoms with E-state index in [1.165, 1.54) is 0 Å². The minimum atomic E-state index is -0.893. The number of hydrogen-bond acceptors (Lipinski definition) is 6. The third-order valence-electron chi connectivity index (χ3n) is 5.41. The monoisotopic (exact) mass is 573 g/mol. The predicted octanol–water partition coefficient (Wildman–Crippen LogP) is 4.37. The number of carbonyl (C=O) groups excluding carboxylic acids is 2. The zero-order chi connectivity index (χ0) is 25.4. The standard InChI is InChI=1S/C24H37BINO6/c1-21(2,3)30-19(28)18(27-20(29)31-22(4,5)6)13-15-11-12-16(14-17(15)26)25-32-23(7,8)24(9,10)33-25/h11-12,14,18H,13H2,1-10H3,(H,27,29). The molecule has 2 rings (SSSR count). The number of nitrogens with one attached hydrogen (secondary N) is 1. The first-order valence-corrected chi connectivity index (χ1v) is 12.2. The van der Waals surface area contributed by atoms with E-state index in [0.717, 1.165) is 14.6 Å². The van der Waals surface area contributed by atoms with Crippen molar-refractivity contribution in [3.05, 3.63) is 27.3 Å². The van der Waals surface area contributed by atoms with Gasteiger partial charge in [-0.25, -0.2) is 9.59 Å². The summed E-state index contributed by atoms with van der Waals surface area (Å²) in [6.45, 7) is 18.7. The molecule has 0 aromatic heterocycles. The average molecular weight is 573 g/mol. The second-order valence-corrected chi connectivity index (χ2v) is 12.5. The van der Waals surface area contributed by atoms with E-state index < -0.39 is 47.6 Å². The minimum Gasteiger partial charge on any atom is -0.458 e. The Hall–Kier alpha value is -1.33. The Labute approximate surface area is 211 Å². The van der Waals surface area contributed by atoms with Gasteiger partial charge < -0.3 is 24.1 Å². The third-order valence-corrected chi connectivity index (χ3v) is 6.41. The summed E-state index contributed by atoms with van der Waals surface area (Å²) in [7, 11) is -0.473. The van der Waals surface area contributed by atoms with Crippen LogP contribution in [0.15, 0.2) is 18.2 Å². The maximum Gasteiger partial charge on any atom is 0.494 e. The number of halogens is 1. The van der Waals surface area contributed by atoms with Crippen molar-refractivity contribution in [1.82, 2.24) is 5.32 Å². The van der Waals surface area contributed by atoms with E-state index >= 15 is 0 Å². The van der Waals surface area contributed by atoms with E-state index in [1.807, 2.05) is 45.9 Å². The van der Waals surface area contributed by atoms with E-state index in [4.69, 9.17) is 18.8 Å². The first-order chi connectivity index (χ1) is 14.8. The Morgan fingerprint density at radius 1 is 1.00 bits per heavy atom. The first kappa shape index (κ1) is 27.9. The quantitative estimate of drug-likeness (QED) is 0.320. The predicted molar refractivity (Wildman–Crippen MR) is 138 cm³/mol. The Morgan fingerprint density at radius 2 is 1.52 bits per heavy atom. The van der Waals surface area contributed by atoms with Gasteiger partial charge in [0.15, 0.2) is 0 Å². The van der Waals surface area contributed by atoms with Gasteiger partial charge in [-0.3, -0.25) is 0 Å². The molecule has 0 bridgehead atoms. The van der Waals surface area contributed by atoms with E-state index in [-0.39, 0.29) is 6.42 Å². The Bertz CT molecular complexity index is 872. The van der Waals surface area contributed by atoms with Crippen LogP contribution in [0.5, 0.6) is 0 Å². The lowest BCUT2D eigenvalue weighted by atomic mass is 9.78. The van der Waals surface area contributed by atoms with Gasteiger partial charge in [0.05, 0.1) is 11.2 Å². The molecular weight excluding hydrogens is 536 g/mol. The van der Waals surface area contributed by atoms with Gasteiger partial charge in [-0.15, -0.1) is 0 Å². The molecule has 9 heteroatoms. The molecule has 1 aliphatic heterocycles. The van der Waals surface area contributed by atoms with Crippen molar-refractivity contribution in [1.29, 1.82) is 0 Å². The smallest absolute Gasteiger partial charge is 0.458 e. The highest BCUT2D eigenvalue weighted by Crippen LogP contribution is 2.36. The highest BCUT2D eigenvalue weighted by Gasteiger charge is 2.51. The van der Waals surface area contributed by atoms with Crippen LogP contribution in [0.3, 0.4) is 0 Å². The molecule has 1 aliphatic rings. The van der Waals surface area contributed by atoms with Gasteiger partial charge in [0.1, 0.15) is 17.2 Å². The molecule has 1 aromatic carbocycles. The van der Waals surface area contributed by atoms with Gasteiger partial charge in [-0.05, 0) is 109 Å². The summed E-state index contributed by atoms with van der Waals surface area (Å²) in [5, 5.41) is 2.67. The first-order valence-electron chi connectivity index (χ1n) is 11.2.